The zero-order valence-corrected chi connectivity index (χ0v) is 17.3. The zero-order chi connectivity index (χ0) is 24.8. The molecule has 0 radical (unpaired) electrons. The van der Waals surface area contributed by atoms with Crippen LogP contribution >= 0.6 is 0 Å². The highest BCUT2D eigenvalue weighted by Crippen LogP contribution is 2.27. The van der Waals surface area contributed by atoms with Gasteiger partial charge in [-0.3, -0.25) is 14.4 Å². The van der Waals surface area contributed by atoms with Crippen LogP contribution in [-0.4, -0.2) is 66.9 Å². The summed E-state index contributed by atoms with van der Waals surface area (Å²) < 4.78 is 59.5. The van der Waals surface area contributed by atoms with Crippen LogP contribution in [0, 0.1) is 17.1 Å². The number of alkyl halides is 3. The fourth-order valence-corrected chi connectivity index (χ4v) is 3.28. The number of hydrogen-bond donors (Lipinski definition) is 2. The quantitative estimate of drug-likeness (QED) is 0.431. The molecule has 0 aliphatic carbocycles. The minimum Gasteiger partial charge on any atom is -0.494 e. The van der Waals surface area contributed by atoms with Crippen molar-refractivity contribution >= 4 is 24.0 Å². The minimum absolute atomic E-state index is 0.0268. The lowest BCUT2D eigenvalue weighted by atomic mass is 10.1. The van der Waals surface area contributed by atoms with E-state index in [-0.39, 0.29) is 31.6 Å². The molecule has 1 aromatic rings. The van der Waals surface area contributed by atoms with E-state index in [9.17, 15) is 36.7 Å². The molecule has 1 heterocycles. The fourth-order valence-electron chi connectivity index (χ4n) is 3.28. The maximum absolute atomic E-state index is 13.8. The third-order valence-corrected chi connectivity index (χ3v) is 4.91. The van der Waals surface area contributed by atoms with E-state index in [2.05, 4.69) is 10.1 Å². The Bertz CT molecular complexity index is 963. The molecule has 178 valence electrons. The van der Waals surface area contributed by atoms with Crippen LogP contribution < -0.4 is 15.4 Å². The van der Waals surface area contributed by atoms with E-state index in [1.165, 1.54) is 0 Å². The molecule has 13 heteroatoms. The molecule has 1 aliphatic rings. The van der Waals surface area contributed by atoms with E-state index in [0.29, 0.717) is 17.3 Å². The van der Waals surface area contributed by atoms with Gasteiger partial charge in [0, 0.05) is 18.5 Å². The van der Waals surface area contributed by atoms with Crippen molar-refractivity contribution in [2.24, 2.45) is 0 Å². The summed E-state index contributed by atoms with van der Waals surface area (Å²) in [7, 11) is 1.16. The number of amides is 3. The van der Waals surface area contributed by atoms with Gasteiger partial charge >= 0.3 is 6.18 Å². The Morgan fingerprint density at radius 2 is 2.03 bits per heavy atom. The number of nitrogens with one attached hydrogen (secondary N) is 2. The first-order valence-electron chi connectivity index (χ1n) is 9.68. The third-order valence-electron chi connectivity index (χ3n) is 4.91. The molecular formula is C20H20F4N4O5. The summed E-state index contributed by atoms with van der Waals surface area (Å²) in [6.07, 6.45) is -4.92. The van der Waals surface area contributed by atoms with Gasteiger partial charge in [0.1, 0.15) is 18.4 Å². The summed E-state index contributed by atoms with van der Waals surface area (Å²) in [5, 5.41) is 12.7. The van der Waals surface area contributed by atoms with Gasteiger partial charge in [0.05, 0.1) is 13.2 Å². The van der Waals surface area contributed by atoms with Gasteiger partial charge < -0.3 is 25.1 Å². The van der Waals surface area contributed by atoms with E-state index in [4.69, 9.17) is 5.26 Å². The fraction of sp³-hybridized carbons (Fsp3) is 0.450. The molecule has 0 aromatic heterocycles. The van der Waals surface area contributed by atoms with Crippen molar-refractivity contribution < 1.29 is 41.5 Å². The molecular weight excluding hydrogens is 452 g/mol. The second kappa shape index (κ2) is 10.8. The van der Waals surface area contributed by atoms with Crippen molar-refractivity contribution in [1.29, 1.82) is 5.26 Å². The predicted octanol–water partition coefficient (Wildman–Crippen LogP) is 1.08. The maximum Gasteiger partial charge on any atom is 0.417 e. The molecule has 3 atom stereocenters. The molecule has 0 saturated carbocycles. The molecule has 0 bridgehead atoms. The van der Waals surface area contributed by atoms with E-state index >= 15 is 0 Å². The summed E-state index contributed by atoms with van der Waals surface area (Å²) >= 11 is 0. The average Bonchev–Trinajstić information content (AvgIpc) is 3.25. The van der Waals surface area contributed by atoms with E-state index in [1.54, 1.807) is 11.4 Å². The van der Waals surface area contributed by atoms with Crippen molar-refractivity contribution in [2.45, 2.75) is 43.6 Å². The number of benzene rings is 1. The van der Waals surface area contributed by atoms with Gasteiger partial charge in [-0.1, -0.05) is 0 Å². The molecule has 3 unspecified atom stereocenters. The Labute approximate surface area is 185 Å². The second-order valence-corrected chi connectivity index (χ2v) is 7.08. The van der Waals surface area contributed by atoms with Crippen LogP contribution in [0.2, 0.25) is 0 Å². The molecule has 1 fully saturated rings. The lowest BCUT2D eigenvalue weighted by molar-refractivity contribution is -0.175. The number of halogens is 4. The molecule has 33 heavy (non-hydrogen) atoms. The number of carbonyl (C=O) groups excluding carboxylic acids is 4. The first kappa shape index (κ1) is 25.6. The van der Waals surface area contributed by atoms with Gasteiger partial charge in [0.25, 0.3) is 11.8 Å². The molecule has 2 N–H and O–H groups in total. The second-order valence-electron chi connectivity index (χ2n) is 7.08. The first-order valence-corrected chi connectivity index (χ1v) is 9.68. The molecule has 9 nitrogen and oxygen atoms in total. The Hall–Kier alpha value is -3.69. The maximum atomic E-state index is 13.8. The summed E-state index contributed by atoms with van der Waals surface area (Å²) in [5.74, 6) is -5.04. The highest BCUT2D eigenvalue weighted by Gasteiger charge is 2.50. The van der Waals surface area contributed by atoms with Crippen molar-refractivity contribution in [3.05, 3.63) is 29.6 Å². The van der Waals surface area contributed by atoms with Crippen molar-refractivity contribution in [3.8, 4) is 11.8 Å². The molecule has 1 aliphatic heterocycles. The number of hydrogen-bond acceptors (Lipinski definition) is 6. The van der Waals surface area contributed by atoms with E-state index in [0.717, 1.165) is 19.2 Å². The lowest BCUT2D eigenvalue weighted by Gasteiger charge is -2.30. The number of methoxy groups -OCH3 is 1. The molecule has 3 amide bonds. The predicted molar refractivity (Wildman–Crippen MR) is 103 cm³/mol. The van der Waals surface area contributed by atoms with Crippen molar-refractivity contribution in [2.75, 3.05) is 13.7 Å². The van der Waals surface area contributed by atoms with Gasteiger partial charge in [0.2, 0.25) is 11.9 Å². The Kier molecular flexibility index (Phi) is 8.33. The number of aldehydes is 1. The summed E-state index contributed by atoms with van der Waals surface area (Å²) in [4.78, 5) is 48.7. The van der Waals surface area contributed by atoms with Gasteiger partial charge in [-0.2, -0.15) is 18.4 Å². The summed E-state index contributed by atoms with van der Waals surface area (Å²) in [5.41, 5.74) is -0.475. The normalized spacial score (nSPS) is 17.5. The SMILES string of the molecule is COc1ccc(C(=O)NC(C(=O)N2CCCC2C(=O)NC(C#N)CC=O)C(F)(F)F)cc1F. The highest BCUT2D eigenvalue weighted by atomic mass is 19.4. The molecule has 2 rings (SSSR count). The number of ether oxygens (including phenoxy) is 1. The molecule has 1 aromatic carbocycles. The number of nitriles is 1. The monoisotopic (exact) mass is 472 g/mol. The number of likely N-dealkylation sites (tertiary alicyclic amines) is 1. The number of rotatable bonds is 8. The van der Waals surface area contributed by atoms with Crippen LogP contribution in [-0.2, 0) is 14.4 Å². The highest BCUT2D eigenvalue weighted by molar-refractivity contribution is 5.99. The van der Waals surface area contributed by atoms with Gasteiger partial charge in [-0.05, 0) is 31.0 Å². The smallest absolute Gasteiger partial charge is 0.417 e. The van der Waals surface area contributed by atoms with Crippen molar-refractivity contribution in [3.63, 3.8) is 0 Å². The average molecular weight is 472 g/mol. The van der Waals surface area contributed by atoms with E-state index in [1.807, 2.05) is 0 Å². The zero-order valence-electron chi connectivity index (χ0n) is 17.3. The largest absolute Gasteiger partial charge is 0.494 e. The minimum atomic E-state index is -5.21. The first-order chi connectivity index (χ1) is 15.5. The summed E-state index contributed by atoms with van der Waals surface area (Å²) in [6, 6.07) is -1.12. The van der Waals surface area contributed by atoms with Crippen LogP contribution in [0.1, 0.15) is 29.6 Å². The van der Waals surface area contributed by atoms with Gasteiger partial charge in [0.15, 0.2) is 11.6 Å². The number of carbonyl (C=O) groups is 4. The number of nitrogens with zero attached hydrogens (tertiary/aromatic N) is 2. The third kappa shape index (κ3) is 6.18. The van der Waals surface area contributed by atoms with Crippen LogP contribution in [0.15, 0.2) is 18.2 Å². The van der Waals surface area contributed by atoms with Gasteiger partial charge in [-0.25, -0.2) is 4.39 Å². The van der Waals surface area contributed by atoms with Crippen molar-refractivity contribution in [1.82, 2.24) is 15.5 Å². The molecule has 1 saturated heterocycles. The Morgan fingerprint density at radius 1 is 1.33 bits per heavy atom. The van der Waals surface area contributed by atoms with Crippen LogP contribution in [0.3, 0.4) is 0 Å². The van der Waals surface area contributed by atoms with Crippen LogP contribution in [0.5, 0.6) is 5.75 Å². The van der Waals surface area contributed by atoms with Crippen LogP contribution in [0.25, 0.3) is 0 Å². The van der Waals surface area contributed by atoms with Crippen LogP contribution in [0.4, 0.5) is 17.6 Å². The van der Waals surface area contributed by atoms with Gasteiger partial charge in [-0.15, -0.1) is 0 Å². The Morgan fingerprint density at radius 3 is 2.58 bits per heavy atom. The Balaban J connectivity index is 2.22. The summed E-state index contributed by atoms with van der Waals surface area (Å²) in [6.45, 7) is -0.193. The topological polar surface area (TPSA) is 129 Å². The lowest BCUT2D eigenvalue weighted by Crippen LogP contribution is -2.59. The molecule has 0 spiro atoms. The van der Waals surface area contributed by atoms with E-state index < -0.39 is 53.4 Å². The standard InChI is InChI=1S/C20H20F4N4O5/c1-33-15-5-4-11(9-13(15)21)17(30)27-16(20(22,23)24)19(32)28-7-2-3-14(28)18(31)26-12(10-25)6-8-29/h4-5,8-9,12,14,16H,2-3,6-7H2,1H3,(H,26,31)(H,27,30).